The summed E-state index contributed by atoms with van der Waals surface area (Å²) < 4.78 is 5.90. The van der Waals surface area contributed by atoms with Crippen LogP contribution >= 0.6 is 0 Å². The fraction of sp³-hybridized carbons (Fsp3) is 0.200. The van der Waals surface area contributed by atoms with Crippen LogP contribution in [0.5, 0.6) is 5.75 Å². The van der Waals surface area contributed by atoms with E-state index in [0.29, 0.717) is 6.61 Å². The van der Waals surface area contributed by atoms with Crippen LogP contribution in [0.4, 0.5) is 0 Å². The van der Waals surface area contributed by atoms with Crippen LogP contribution in [-0.4, -0.2) is 40.7 Å². The number of hydrogen-bond acceptors (Lipinski definition) is 4. The van der Waals surface area contributed by atoms with E-state index < -0.39 is 11.9 Å². The van der Waals surface area contributed by atoms with E-state index in [0.717, 1.165) is 24.2 Å². The number of aromatic amines is 1. The maximum atomic E-state index is 9.10. The number of carboxylic acids is 2. The minimum absolute atomic E-state index is 0.600. The van der Waals surface area contributed by atoms with Crippen LogP contribution in [0.15, 0.2) is 54.7 Å². The van der Waals surface area contributed by atoms with Crippen molar-refractivity contribution in [2.24, 2.45) is 0 Å². The number of ether oxygens (including phenoxy) is 1. The lowest BCUT2D eigenvalue weighted by Crippen LogP contribution is -2.09. The SMILES string of the molecule is CNCCc1c[nH]c2ccc(OCc3ccccc3)cc12.O=C(O)C(=O)O. The van der Waals surface area contributed by atoms with Gasteiger partial charge in [0.05, 0.1) is 0 Å². The highest BCUT2D eigenvalue weighted by atomic mass is 16.5. The van der Waals surface area contributed by atoms with Gasteiger partial charge in [0.2, 0.25) is 0 Å². The maximum absolute atomic E-state index is 9.10. The highest BCUT2D eigenvalue weighted by molar-refractivity contribution is 6.27. The van der Waals surface area contributed by atoms with Crippen molar-refractivity contribution in [3.8, 4) is 5.75 Å². The average Bonchev–Trinajstić information content (AvgIpc) is 3.08. The molecule has 0 saturated heterocycles. The molecule has 0 aliphatic heterocycles. The zero-order valence-electron chi connectivity index (χ0n) is 14.9. The summed E-state index contributed by atoms with van der Waals surface area (Å²) >= 11 is 0. The van der Waals surface area contributed by atoms with Gasteiger partial charge in [0.15, 0.2) is 0 Å². The Kier molecular flexibility index (Phi) is 7.39. The quantitative estimate of drug-likeness (QED) is 0.497. The number of rotatable bonds is 6. The molecular weight excluding hydrogens is 348 g/mol. The topological polar surface area (TPSA) is 112 Å². The first-order valence-corrected chi connectivity index (χ1v) is 8.38. The van der Waals surface area contributed by atoms with Gasteiger partial charge in [-0.1, -0.05) is 30.3 Å². The van der Waals surface area contributed by atoms with Gasteiger partial charge in [-0.15, -0.1) is 0 Å². The highest BCUT2D eigenvalue weighted by Gasteiger charge is 2.05. The number of likely N-dealkylation sites (N-methyl/N-ethyl adjacent to an activating group) is 1. The Morgan fingerprint density at radius 3 is 2.41 bits per heavy atom. The Balaban J connectivity index is 0.000000380. The van der Waals surface area contributed by atoms with E-state index in [-0.39, 0.29) is 0 Å². The molecule has 1 heterocycles. The van der Waals surface area contributed by atoms with Crippen molar-refractivity contribution in [3.05, 3.63) is 65.9 Å². The van der Waals surface area contributed by atoms with Crippen LogP contribution in [0.2, 0.25) is 0 Å². The van der Waals surface area contributed by atoms with Crippen molar-refractivity contribution < 1.29 is 24.5 Å². The molecular formula is C20H22N2O5. The predicted octanol–water partition coefficient (Wildman–Crippen LogP) is 2.66. The molecule has 0 amide bonds. The van der Waals surface area contributed by atoms with Gasteiger partial charge < -0.3 is 25.3 Å². The minimum atomic E-state index is -1.82. The summed E-state index contributed by atoms with van der Waals surface area (Å²) in [4.78, 5) is 21.5. The lowest BCUT2D eigenvalue weighted by molar-refractivity contribution is -0.159. The second-order valence-electron chi connectivity index (χ2n) is 5.76. The number of H-pyrrole nitrogens is 1. The van der Waals surface area contributed by atoms with Gasteiger partial charge in [-0.3, -0.25) is 0 Å². The van der Waals surface area contributed by atoms with Crippen LogP contribution in [0.25, 0.3) is 10.9 Å². The molecule has 0 spiro atoms. The second-order valence-corrected chi connectivity index (χ2v) is 5.76. The van der Waals surface area contributed by atoms with E-state index in [4.69, 9.17) is 24.5 Å². The molecule has 3 rings (SSSR count). The van der Waals surface area contributed by atoms with Crippen molar-refractivity contribution in [2.75, 3.05) is 13.6 Å². The minimum Gasteiger partial charge on any atom is -0.489 e. The fourth-order valence-electron chi connectivity index (χ4n) is 2.45. The monoisotopic (exact) mass is 370 g/mol. The Morgan fingerprint density at radius 1 is 1.07 bits per heavy atom. The standard InChI is InChI=1S/C18H20N2O.C2H2O4/c1-19-10-9-15-12-20-18-8-7-16(11-17(15)18)21-13-14-5-3-2-4-6-14;3-1(4)2(5)6/h2-8,11-12,19-20H,9-10,13H2,1H3;(H,3,4)(H,5,6). The first-order chi connectivity index (χ1) is 13.0. The van der Waals surface area contributed by atoms with E-state index in [1.165, 1.54) is 16.5 Å². The Bertz CT molecular complexity index is 878. The molecule has 1 aromatic heterocycles. The molecule has 0 radical (unpaired) electrons. The normalized spacial score (nSPS) is 10.1. The average molecular weight is 370 g/mol. The first-order valence-electron chi connectivity index (χ1n) is 8.38. The van der Waals surface area contributed by atoms with Crippen LogP contribution in [0, 0.1) is 0 Å². The van der Waals surface area contributed by atoms with E-state index in [1.54, 1.807) is 0 Å². The van der Waals surface area contributed by atoms with Gasteiger partial charge in [0, 0.05) is 17.1 Å². The number of fused-ring (bicyclic) bond motifs is 1. The first kappa shape index (κ1) is 20.0. The van der Waals surface area contributed by atoms with Crippen molar-refractivity contribution >= 4 is 22.8 Å². The summed E-state index contributed by atoms with van der Waals surface area (Å²) in [5, 5.41) is 19.2. The van der Waals surface area contributed by atoms with E-state index in [9.17, 15) is 0 Å². The molecule has 7 nitrogen and oxygen atoms in total. The molecule has 0 atom stereocenters. The molecule has 0 saturated carbocycles. The molecule has 3 aromatic rings. The number of benzene rings is 2. The van der Waals surface area contributed by atoms with Gasteiger partial charge in [0.25, 0.3) is 0 Å². The molecule has 0 aliphatic rings. The van der Waals surface area contributed by atoms with Crippen molar-refractivity contribution in [1.82, 2.24) is 10.3 Å². The molecule has 27 heavy (non-hydrogen) atoms. The zero-order valence-corrected chi connectivity index (χ0v) is 14.9. The summed E-state index contributed by atoms with van der Waals surface area (Å²) in [5.41, 5.74) is 3.67. The number of carboxylic acid groups (broad SMARTS) is 2. The molecule has 7 heteroatoms. The van der Waals surface area contributed by atoms with E-state index in [2.05, 4.69) is 40.8 Å². The number of aliphatic carboxylic acids is 2. The van der Waals surface area contributed by atoms with Crippen molar-refractivity contribution in [2.45, 2.75) is 13.0 Å². The Morgan fingerprint density at radius 2 is 1.78 bits per heavy atom. The van der Waals surface area contributed by atoms with Crippen LogP contribution < -0.4 is 10.1 Å². The maximum Gasteiger partial charge on any atom is 0.414 e. The zero-order chi connectivity index (χ0) is 19.6. The van der Waals surface area contributed by atoms with Gasteiger partial charge in [-0.2, -0.15) is 0 Å². The summed E-state index contributed by atoms with van der Waals surface area (Å²) in [5.74, 6) is -2.73. The molecule has 0 fully saturated rings. The summed E-state index contributed by atoms with van der Waals surface area (Å²) in [6.07, 6.45) is 3.10. The Hall–Kier alpha value is -3.32. The third-order valence-corrected chi connectivity index (χ3v) is 3.81. The van der Waals surface area contributed by atoms with Crippen LogP contribution in [0.3, 0.4) is 0 Å². The van der Waals surface area contributed by atoms with Gasteiger partial charge >= 0.3 is 11.9 Å². The largest absolute Gasteiger partial charge is 0.489 e. The van der Waals surface area contributed by atoms with E-state index in [1.807, 2.05) is 31.3 Å². The second kappa shape index (κ2) is 9.98. The lowest BCUT2D eigenvalue weighted by Gasteiger charge is -2.07. The predicted molar refractivity (Wildman–Crippen MR) is 102 cm³/mol. The lowest BCUT2D eigenvalue weighted by atomic mass is 10.1. The number of carbonyl (C=O) groups is 2. The number of hydrogen-bond donors (Lipinski definition) is 4. The third-order valence-electron chi connectivity index (χ3n) is 3.81. The molecule has 0 aliphatic carbocycles. The fourth-order valence-corrected chi connectivity index (χ4v) is 2.45. The summed E-state index contributed by atoms with van der Waals surface area (Å²) in [6.45, 7) is 1.57. The van der Waals surface area contributed by atoms with Gasteiger partial charge in [-0.05, 0) is 49.3 Å². The molecule has 142 valence electrons. The number of nitrogens with one attached hydrogen (secondary N) is 2. The van der Waals surface area contributed by atoms with E-state index >= 15 is 0 Å². The summed E-state index contributed by atoms with van der Waals surface area (Å²) in [6, 6.07) is 16.5. The Labute approximate surface area is 156 Å². The highest BCUT2D eigenvalue weighted by Crippen LogP contribution is 2.24. The molecule has 0 unspecified atom stereocenters. The molecule has 2 aromatic carbocycles. The third kappa shape index (κ3) is 6.16. The molecule has 4 N–H and O–H groups in total. The van der Waals surface area contributed by atoms with Crippen LogP contribution in [0.1, 0.15) is 11.1 Å². The van der Waals surface area contributed by atoms with Crippen molar-refractivity contribution in [3.63, 3.8) is 0 Å². The smallest absolute Gasteiger partial charge is 0.414 e. The van der Waals surface area contributed by atoms with Crippen molar-refractivity contribution in [1.29, 1.82) is 0 Å². The molecule has 0 bridgehead atoms. The number of aromatic nitrogens is 1. The summed E-state index contributed by atoms with van der Waals surface area (Å²) in [7, 11) is 1.98. The van der Waals surface area contributed by atoms with Gasteiger partial charge in [-0.25, -0.2) is 9.59 Å². The van der Waals surface area contributed by atoms with Crippen LogP contribution in [-0.2, 0) is 22.6 Å². The van der Waals surface area contributed by atoms with Gasteiger partial charge in [0.1, 0.15) is 12.4 Å².